The SMILES string of the molecule is CC(CO)CSc1nc(NN)c(Cl)cc1Cl. The number of aromatic nitrogens is 1. The van der Waals surface area contributed by atoms with Crippen LogP contribution in [0.25, 0.3) is 0 Å². The lowest BCUT2D eigenvalue weighted by Crippen LogP contribution is -2.10. The summed E-state index contributed by atoms with van der Waals surface area (Å²) in [4.78, 5) is 4.18. The van der Waals surface area contributed by atoms with E-state index in [0.717, 1.165) is 5.75 Å². The highest BCUT2D eigenvalue weighted by Gasteiger charge is 2.10. The molecular formula is C9H13Cl2N3OS. The molecule has 0 fully saturated rings. The first-order valence-corrected chi connectivity index (χ1v) is 6.39. The van der Waals surface area contributed by atoms with Crippen molar-refractivity contribution in [2.45, 2.75) is 11.9 Å². The van der Waals surface area contributed by atoms with Gasteiger partial charge in [-0.05, 0) is 12.0 Å². The number of thioether (sulfide) groups is 1. The molecule has 0 aliphatic rings. The van der Waals surface area contributed by atoms with Crippen molar-refractivity contribution in [1.29, 1.82) is 0 Å². The van der Waals surface area contributed by atoms with E-state index in [1.54, 1.807) is 6.07 Å². The second-order valence-corrected chi connectivity index (χ2v) is 5.17. The lowest BCUT2D eigenvalue weighted by atomic mass is 10.2. The molecule has 1 atom stereocenters. The third kappa shape index (κ3) is 3.68. The largest absolute Gasteiger partial charge is 0.396 e. The topological polar surface area (TPSA) is 71.2 Å². The van der Waals surface area contributed by atoms with Gasteiger partial charge in [-0.1, -0.05) is 30.1 Å². The zero-order valence-corrected chi connectivity index (χ0v) is 11.0. The third-order valence-corrected chi connectivity index (χ3v) is 3.86. The Morgan fingerprint density at radius 1 is 1.56 bits per heavy atom. The first-order valence-electron chi connectivity index (χ1n) is 4.64. The molecule has 4 nitrogen and oxygen atoms in total. The standard InChI is InChI=1S/C9H13Cl2N3OS/c1-5(3-15)4-16-9-7(11)2-6(10)8(13-9)14-12/h2,5,15H,3-4,12H2,1H3,(H,13,14). The number of hydrazine groups is 1. The lowest BCUT2D eigenvalue weighted by Gasteiger charge is -2.10. The molecule has 0 saturated heterocycles. The van der Waals surface area contributed by atoms with Crippen LogP contribution in [-0.2, 0) is 0 Å². The predicted molar refractivity (Wildman–Crippen MR) is 69.0 cm³/mol. The fourth-order valence-corrected chi connectivity index (χ4v) is 2.40. The normalized spacial score (nSPS) is 12.6. The Bertz CT molecular complexity index is 365. The van der Waals surface area contributed by atoms with Gasteiger partial charge in [0, 0.05) is 12.4 Å². The van der Waals surface area contributed by atoms with E-state index in [-0.39, 0.29) is 12.5 Å². The molecule has 0 saturated carbocycles. The van der Waals surface area contributed by atoms with Gasteiger partial charge in [0.1, 0.15) is 5.03 Å². The van der Waals surface area contributed by atoms with Gasteiger partial charge >= 0.3 is 0 Å². The van der Waals surface area contributed by atoms with Crippen molar-refractivity contribution in [2.75, 3.05) is 17.8 Å². The third-order valence-electron chi connectivity index (χ3n) is 1.85. The number of anilines is 1. The second kappa shape index (κ2) is 6.51. The molecule has 1 heterocycles. The second-order valence-electron chi connectivity index (χ2n) is 3.35. The minimum atomic E-state index is 0.139. The van der Waals surface area contributed by atoms with Gasteiger partial charge in [0.05, 0.1) is 10.0 Å². The predicted octanol–water partition coefficient (Wildman–Crippen LogP) is 2.39. The number of rotatable bonds is 5. The molecule has 0 spiro atoms. The maximum atomic E-state index is 8.91. The van der Waals surface area contributed by atoms with Gasteiger partial charge in [0.25, 0.3) is 0 Å². The van der Waals surface area contributed by atoms with Crippen molar-refractivity contribution in [2.24, 2.45) is 11.8 Å². The molecule has 1 aromatic rings. The summed E-state index contributed by atoms with van der Waals surface area (Å²) < 4.78 is 0. The molecule has 0 amide bonds. The van der Waals surface area contributed by atoms with Gasteiger partial charge in [-0.25, -0.2) is 10.8 Å². The fraction of sp³-hybridized carbons (Fsp3) is 0.444. The van der Waals surface area contributed by atoms with E-state index in [0.29, 0.717) is 20.9 Å². The zero-order chi connectivity index (χ0) is 12.1. The van der Waals surface area contributed by atoms with E-state index < -0.39 is 0 Å². The van der Waals surface area contributed by atoms with Gasteiger partial charge in [-0.3, -0.25) is 0 Å². The van der Waals surface area contributed by atoms with E-state index in [2.05, 4.69) is 10.4 Å². The Morgan fingerprint density at radius 3 is 2.81 bits per heavy atom. The van der Waals surface area contributed by atoms with E-state index in [9.17, 15) is 0 Å². The Labute approximate surface area is 108 Å². The number of hydrogen-bond donors (Lipinski definition) is 3. The Balaban J connectivity index is 2.79. The number of pyridine rings is 1. The highest BCUT2D eigenvalue weighted by molar-refractivity contribution is 7.99. The van der Waals surface area contributed by atoms with E-state index in [4.69, 9.17) is 34.2 Å². The first kappa shape index (κ1) is 13.9. The van der Waals surface area contributed by atoms with Crippen molar-refractivity contribution < 1.29 is 5.11 Å². The van der Waals surface area contributed by atoms with Gasteiger partial charge in [-0.15, -0.1) is 11.8 Å². The fourth-order valence-electron chi connectivity index (χ4n) is 0.926. The van der Waals surface area contributed by atoms with Gasteiger partial charge in [-0.2, -0.15) is 0 Å². The molecule has 16 heavy (non-hydrogen) atoms. The van der Waals surface area contributed by atoms with E-state index in [1.165, 1.54) is 11.8 Å². The van der Waals surface area contributed by atoms with Crippen LogP contribution in [0.2, 0.25) is 10.0 Å². The van der Waals surface area contributed by atoms with Gasteiger partial charge < -0.3 is 10.5 Å². The number of nitrogens with zero attached hydrogens (tertiary/aromatic N) is 1. The van der Waals surface area contributed by atoms with Crippen LogP contribution >= 0.6 is 35.0 Å². The minimum Gasteiger partial charge on any atom is -0.396 e. The molecule has 0 aliphatic heterocycles. The van der Waals surface area contributed by atoms with Crippen LogP contribution in [0, 0.1) is 5.92 Å². The number of halogens is 2. The molecule has 0 radical (unpaired) electrons. The van der Waals surface area contributed by atoms with Crippen molar-refractivity contribution in [3.63, 3.8) is 0 Å². The van der Waals surface area contributed by atoms with Crippen LogP contribution in [0.3, 0.4) is 0 Å². The molecule has 0 aliphatic carbocycles. The van der Waals surface area contributed by atoms with Crippen LogP contribution in [0.4, 0.5) is 5.82 Å². The van der Waals surface area contributed by atoms with Crippen LogP contribution in [0.1, 0.15) is 6.92 Å². The van der Waals surface area contributed by atoms with Crippen molar-refractivity contribution in [3.8, 4) is 0 Å². The lowest BCUT2D eigenvalue weighted by molar-refractivity contribution is 0.250. The van der Waals surface area contributed by atoms with Crippen molar-refractivity contribution in [1.82, 2.24) is 4.98 Å². The quantitative estimate of drug-likeness (QED) is 0.439. The molecule has 4 N–H and O–H groups in total. The molecule has 90 valence electrons. The summed E-state index contributed by atoms with van der Waals surface area (Å²) in [7, 11) is 0. The van der Waals surface area contributed by atoms with Crippen LogP contribution in [0.15, 0.2) is 11.1 Å². The maximum Gasteiger partial charge on any atom is 0.160 e. The molecule has 1 unspecified atom stereocenters. The highest BCUT2D eigenvalue weighted by atomic mass is 35.5. The minimum absolute atomic E-state index is 0.139. The summed E-state index contributed by atoms with van der Waals surface area (Å²) >= 11 is 13.3. The Kier molecular flexibility index (Phi) is 5.64. The number of nitrogens with two attached hydrogens (primary N) is 1. The van der Waals surface area contributed by atoms with Crippen molar-refractivity contribution in [3.05, 3.63) is 16.1 Å². The highest BCUT2D eigenvalue weighted by Crippen LogP contribution is 2.32. The summed E-state index contributed by atoms with van der Waals surface area (Å²) in [5.74, 6) is 6.57. The Hall–Kier alpha value is -0.200. The van der Waals surface area contributed by atoms with Gasteiger partial charge in [0.15, 0.2) is 5.82 Å². The Morgan fingerprint density at radius 2 is 2.25 bits per heavy atom. The number of nitrogen functional groups attached to an aromatic ring is 1. The van der Waals surface area contributed by atoms with Crippen LogP contribution in [-0.4, -0.2) is 22.5 Å². The van der Waals surface area contributed by atoms with Gasteiger partial charge in [0.2, 0.25) is 0 Å². The summed E-state index contributed by atoms with van der Waals surface area (Å²) in [6, 6.07) is 1.59. The smallest absolute Gasteiger partial charge is 0.160 e. The zero-order valence-electron chi connectivity index (χ0n) is 8.70. The summed E-state index contributed by atoms with van der Waals surface area (Å²) in [5.41, 5.74) is 2.40. The number of hydrogen-bond acceptors (Lipinski definition) is 5. The van der Waals surface area contributed by atoms with Crippen LogP contribution in [0.5, 0.6) is 0 Å². The monoisotopic (exact) mass is 281 g/mol. The number of aliphatic hydroxyl groups excluding tert-OH is 1. The first-order chi connectivity index (χ1) is 7.58. The van der Waals surface area contributed by atoms with Crippen LogP contribution < -0.4 is 11.3 Å². The average molecular weight is 282 g/mol. The number of nitrogens with one attached hydrogen (secondary N) is 1. The molecule has 1 rings (SSSR count). The summed E-state index contributed by atoms with van der Waals surface area (Å²) in [6.07, 6.45) is 0. The summed E-state index contributed by atoms with van der Waals surface area (Å²) in [5, 5.41) is 10.4. The molecule has 7 heteroatoms. The molecule has 1 aromatic heterocycles. The van der Waals surface area contributed by atoms with Crippen molar-refractivity contribution >= 4 is 40.8 Å². The number of aliphatic hydroxyl groups is 1. The van der Waals surface area contributed by atoms with E-state index in [1.807, 2.05) is 6.92 Å². The maximum absolute atomic E-state index is 8.91. The van der Waals surface area contributed by atoms with E-state index >= 15 is 0 Å². The average Bonchev–Trinajstić information content (AvgIpc) is 2.27. The summed E-state index contributed by atoms with van der Waals surface area (Å²) in [6.45, 7) is 2.08. The molecule has 0 aromatic carbocycles. The molecule has 0 bridgehead atoms. The molecular weight excluding hydrogens is 269 g/mol.